The molecule has 114 valence electrons. The molecular formula is C17H25F3. The van der Waals surface area contributed by atoms with Gasteiger partial charge in [-0.2, -0.15) is 13.2 Å². The fourth-order valence-corrected chi connectivity index (χ4v) is 3.96. The van der Waals surface area contributed by atoms with Crippen LogP contribution >= 0.6 is 0 Å². The summed E-state index contributed by atoms with van der Waals surface area (Å²) in [5.74, 6) is 0.817. The molecule has 20 heavy (non-hydrogen) atoms. The third-order valence-electron chi connectivity index (χ3n) is 5.24. The molecule has 3 heteroatoms. The van der Waals surface area contributed by atoms with E-state index in [1.165, 1.54) is 25.7 Å². The second-order valence-electron chi connectivity index (χ2n) is 6.45. The monoisotopic (exact) mass is 286 g/mol. The van der Waals surface area contributed by atoms with Gasteiger partial charge in [0, 0.05) is 0 Å². The summed E-state index contributed by atoms with van der Waals surface area (Å²) >= 11 is 0. The molecule has 0 aromatic carbocycles. The molecule has 2 fully saturated rings. The quantitative estimate of drug-likeness (QED) is 0.566. The lowest BCUT2D eigenvalue weighted by Crippen LogP contribution is -2.31. The maximum absolute atomic E-state index is 12.7. The van der Waals surface area contributed by atoms with Gasteiger partial charge in [0.2, 0.25) is 0 Å². The van der Waals surface area contributed by atoms with E-state index in [0.29, 0.717) is 30.6 Å². The molecule has 0 radical (unpaired) electrons. The van der Waals surface area contributed by atoms with Crippen molar-refractivity contribution < 1.29 is 13.2 Å². The lowest BCUT2D eigenvalue weighted by Gasteiger charge is -2.37. The Morgan fingerprint density at radius 2 is 1.30 bits per heavy atom. The Morgan fingerprint density at radius 3 is 1.75 bits per heavy atom. The summed E-state index contributed by atoms with van der Waals surface area (Å²) in [6, 6.07) is 0. The SMILES string of the molecule is C=CC=CC1CCC(C2CCC(C(F)(F)F)CC2)CC1. The molecule has 0 bridgehead atoms. The van der Waals surface area contributed by atoms with Gasteiger partial charge in [-0.25, -0.2) is 0 Å². The van der Waals surface area contributed by atoms with Gasteiger partial charge in [-0.1, -0.05) is 24.8 Å². The van der Waals surface area contributed by atoms with E-state index < -0.39 is 12.1 Å². The number of hydrogen-bond donors (Lipinski definition) is 0. The summed E-state index contributed by atoms with van der Waals surface area (Å²) in [7, 11) is 0. The minimum Gasteiger partial charge on any atom is -0.171 e. The largest absolute Gasteiger partial charge is 0.391 e. The molecule has 0 heterocycles. The number of hydrogen-bond acceptors (Lipinski definition) is 0. The number of halogens is 3. The first-order valence-electron chi connectivity index (χ1n) is 7.86. The number of allylic oxidation sites excluding steroid dienone is 3. The first-order valence-corrected chi connectivity index (χ1v) is 7.86. The van der Waals surface area contributed by atoms with E-state index in [1.54, 1.807) is 0 Å². The molecule has 2 aliphatic rings. The number of alkyl halides is 3. The zero-order valence-electron chi connectivity index (χ0n) is 12.0. The van der Waals surface area contributed by atoms with Gasteiger partial charge < -0.3 is 0 Å². The fraction of sp³-hybridized carbons (Fsp3) is 0.765. The van der Waals surface area contributed by atoms with Gasteiger partial charge in [-0.3, -0.25) is 0 Å². The Balaban J connectivity index is 1.76. The van der Waals surface area contributed by atoms with Gasteiger partial charge in [-0.05, 0) is 69.1 Å². The summed E-state index contributed by atoms with van der Waals surface area (Å²) in [4.78, 5) is 0. The minimum atomic E-state index is -3.97. The molecule has 2 aliphatic carbocycles. The Labute approximate surface area is 120 Å². The smallest absolute Gasteiger partial charge is 0.171 e. The summed E-state index contributed by atoms with van der Waals surface area (Å²) < 4.78 is 38.0. The van der Waals surface area contributed by atoms with Crippen LogP contribution in [0.15, 0.2) is 24.8 Å². The Kier molecular flexibility index (Phi) is 5.34. The van der Waals surface area contributed by atoms with Crippen molar-refractivity contribution in [3.63, 3.8) is 0 Å². The van der Waals surface area contributed by atoms with Crippen molar-refractivity contribution in [2.24, 2.45) is 23.7 Å². The van der Waals surface area contributed by atoms with Gasteiger partial charge in [0.1, 0.15) is 0 Å². The highest BCUT2D eigenvalue weighted by Crippen LogP contribution is 2.45. The maximum atomic E-state index is 12.7. The highest BCUT2D eigenvalue weighted by atomic mass is 19.4. The van der Waals surface area contributed by atoms with Gasteiger partial charge >= 0.3 is 6.18 Å². The average molecular weight is 286 g/mol. The van der Waals surface area contributed by atoms with Gasteiger partial charge in [-0.15, -0.1) is 0 Å². The van der Waals surface area contributed by atoms with E-state index in [1.807, 2.05) is 12.2 Å². The van der Waals surface area contributed by atoms with Crippen LogP contribution in [0.25, 0.3) is 0 Å². The van der Waals surface area contributed by atoms with Crippen LogP contribution in [-0.2, 0) is 0 Å². The zero-order valence-corrected chi connectivity index (χ0v) is 12.0. The lowest BCUT2D eigenvalue weighted by molar-refractivity contribution is -0.185. The molecular weight excluding hydrogens is 261 g/mol. The minimum absolute atomic E-state index is 0.352. The normalized spacial score (nSPS) is 36.1. The Bertz CT molecular complexity index is 327. The molecule has 0 aromatic heterocycles. The van der Waals surface area contributed by atoms with E-state index in [0.717, 1.165) is 12.8 Å². The van der Waals surface area contributed by atoms with Crippen LogP contribution in [0.1, 0.15) is 51.4 Å². The van der Waals surface area contributed by atoms with Crippen LogP contribution in [0.3, 0.4) is 0 Å². The van der Waals surface area contributed by atoms with Crippen LogP contribution in [0.4, 0.5) is 13.2 Å². The highest BCUT2D eigenvalue weighted by Gasteiger charge is 2.42. The predicted octanol–water partition coefficient (Wildman–Crippen LogP) is 5.90. The van der Waals surface area contributed by atoms with Gasteiger partial charge in [0.05, 0.1) is 5.92 Å². The summed E-state index contributed by atoms with van der Waals surface area (Å²) in [5.41, 5.74) is 0. The fourth-order valence-electron chi connectivity index (χ4n) is 3.96. The van der Waals surface area contributed by atoms with E-state index >= 15 is 0 Å². The average Bonchev–Trinajstić information content (AvgIpc) is 2.45. The summed E-state index contributed by atoms with van der Waals surface area (Å²) in [6.45, 7) is 3.68. The molecule has 0 saturated heterocycles. The molecule has 0 N–H and O–H groups in total. The van der Waals surface area contributed by atoms with Crippen molar-refractivity contribution in [1.82, 2.24) is 0 Å². The predicted molar refractivity (Wildman–Crippen MR) is 76.3 cm³/mol. The first-order chi connectivity index (χ1) is 9.50. The molecule has 0 atom stereocenters. The summed E-state index contributed by atoms with van der Waals surface area (Å²) in [5, 5.41) is 0. The van der Waals surface area contributed by atoms with Crippen molar-refractivity contribution in [2.45, 2.75) is 57.5 Å². The van der Waals surface area contributed by atoms with Crippen LogP contribution < -0.4 is 0 Å². The Hall–Kier alpha value is -0.730. The standard InChI is InChI=1S/C17H25F3/c1-2-3-4-13-5-7-14(8-6-13)15-9-11-16(12-10-15)17(18,19)20/h2-4,13-16H,1,5-12H2. The second-order valence-corrected chi connectivity index (χ2v) is 6.45. The van der Waals surface area contributed by atoms with Crippen molar-refractivity contribution in [1.29, 1.82) is 0 Å². The lowest BCUT2D eigenvalue weighted by atomic mass is 9.69. The topological polar surface area (TPSA) is 0 Å². The molecule has 0 amide bonds. The van der Waals surface area contributed by atoms with E-state index in [-0.39, 0.29) is 0 Å². The summed E-state index contributed by atoms with van der Waals surface area (Å²) in [6.07, 6.45) is 9.09. The first kappa shape index (κ1) is 15.7. The Morgan fingerprint density at radius 1 is 0.800 bits per heavy atom. The van der Waals surface area contributed by atoms with Crippen LogP contribution in [0.2, 0.25) is 0 Å². The zero-order chi connectivity index (χ0) is 14.6. The van der Waals surface area contributed by atoms with E-state index in [9.17, 15) is 13.2 Å². The van der Waals surface area contributed by atoms with Crippen molar-refractivity contribution in [3.8, 4) is 0 Å². The molecule has 0 aromatic rings. The van der Waals surface area contributed by atoms with Crippen molar-refractivity contribution >= 4 is 0 Å². The van der Waals surface area contributed by atoms with E-state index in [2.05, 4.69) is 12.7 Å². The van der Waals surface area contributed by atoms with E-state index in [4.69, 9.17) is 0 Å². The third-order valence-corrected chi connectivity index (χ3v) is 5.24. The van der Waals surface area contributed by atoms with Crippen molar-refractivity contribution in [2.75, 3.05) is 0 Å². The maximum Gasteiger partial charge on any atom is 0.391 e. The molecule has 2 saturated carbocycles. The van der Waals surface area contributed by atoms with Crippen molar-refractivity contribution in [3.05, 3.63) is 24.8 Å². The van der Waals surface area contributed by atoms with Crippen LogP contribution in [-0.4, -0.2) is 6.18 Å². The molecule has 0 nitrogen and oxygen atoms in total. The molecule has 2 rings (SSSR count). The van der Waals surface area contributed by atoms with Crippen LogP contribution in [0.5, 0.6) is 0 Å². The number of rotatable bonds is 3. The van der Waals surface area contributed by atoms with Crippen LogP contribution in [0, 0.1) is 23.7 Å². The van der Waals surface area contributed by atoms with Gasteiger partial charge in [0.15, 0.2) is 0 Å². The highest BCUT2D eigenvalue weighted by molar-refractivity contribution is 5.01. The molecule has 0 aliphatic heterocycles. The van der Waals surface area contributed by atoms with Gasteiger partial charge in [0.25, 0.3) is 0 Å². The molecule has 0 spiro atoms. The third kappa shape index (κ3) is 4.13. The second kappa shape index (κ2) is 6.82. The molecule has 0 unspecified atom stereocenters.